The molecule has 2 atom stereocenters. The van der Waals surface area contributed by atoms with Gasteiger partial charge in [0.1, 0.15) is 11.5 Å². The van der Waals surface area contributed by atoms with Crippen molar-refractivity contribution in [3.8, 4) is 11.5 Å². The van der Waals surface area contributed by atoms with Gasteiger partial charge in [0.05, 0.1) is 12.2 Å². The van der Waals surface area contributed by atoms with Gasteiger partial charge in [-0.3, -0.25) is 19.9 Å². The fourth-order valence-electron chi connectivity index (χ4n) is 4.52. The molecule has 3 aromatic rings. The molecule has 6 nitrogen and oxygen atoms in total. The van der Waals surface area contributed by atoms with Crippen LogP contribution in [0.5, 0.6) is 0 Å². The van der Waals surface area contributed by atoms with Gasteiger partial charge in [0.25, 0.3) is 0 Å². The number of nitrogens with one attached hydrogen (secondary N) is 1. The summed E-state index contributed by atoms with van der Waals surface area (Å²) in [6.45, 7) is 5.27. The molecule has 0 aliphatic carbocycles. The third-order valence-electron chi connectivity index (χ3n) is 5.80. The van der Waals surface area contributed by atoms with Crippen LogP contribution in [0, 0.1) is 5.92 Å². The Morgan fingerprint density at radius 3 is 2.85 bits per heavy atom. The van der Waals surface area contributed by atoms with Crippen LogP contribution in [0.3, 0.4) is 0 Å². The molecule has 3 aromatic heterocycles. The summed E-state index contributed by atoms with van der Waals surface area (Å²) in [5.41, 5.74) is 2.10. The van der Waals surface area contributed by atoms with E-state index in [1.807, 2.05) is 24.4 Å². The number of fused-ring (bicyclic) bond motifs is 4. The zero-order valence-corrected chi connectivity index (χ0v) is 15.4. The number of nitrogens with zero attached hydrogens (tertiary/aromatic N) is 4. The second-order valence-corrected chi connectivity index (χ2v) is 7.78. The molecule has 3 aliphatic rings. The van der Waals surface area contributed by atoms with Gasteiger partial charge >= 0.3 is 0 Å². The molecule has 27 heavy (non-hydrogen) atoms. The van der Waals surface area contributed by atoms with Crippen LogP contribution in [0.25, 0.3) is 11.5 Å². The first kappa shape index (κ1) is 16.7. The van der Waals surface area contributed by atoms with E-state index in [0.29, 0.717) is 6.04 Å². The molecule has 3 saturated heterocycles. The Hall–Kier alpha value is -2.44. The van der Waals surface area contributed by atoms with Gasteiger partial charge in [-0.15, -0.1) is 0 Å². The van der Waals surface area contributed by atoms with E-state index >= 15 is 0 Å². The van der Waals surface area contributed by atoms with Crippen molar-refractivity contribution in [2.45, 2.75) is 32.0 Å². The van der Waals surface area contributed by atoms with Gasteiger partial charge in [-0.05, 0) is 49.1 Å². The number of furan rings is 1. The SMILES string of the molecule is c1ccc(CN2C[C@@H]3CC[C@H](C2)N(Cc2ccc(-c4ccn[nH]4)o2)C3)nc1. The quantitative estimate of drug-likeness (QED) is 0.754. The van der Waals surface area contributed by atoms with Gasteiger partial charge in [0.2, 0.25) is 0 Å². The van der Waals surface area contributed by atoms with E-state index in [0.717, 1.165) is 49.3 Å². The lowest BCUT2D eigenvalue weighted by atomic mass is 9.95. The average Bonchev–Trinajstić information content (AvgIpc) is 3.30. The summed E-state index contributed by atoms with van der Waals surface area (Å²) in [6.07, 6.45) is 6.25. The topological polar surface area (TPSA) is 61.2 Å². The van der Waals surface area contributed by atoms with Crippen LogP contribution in [-0.4, -0.2) is 50.7 Å². The predicted molar refractivity (Wildman–Crippen MR) is 103 cm³/mol. The fraction of sp³-hybridized carbons (Fsp3) is 0.429. The zero-order chi connectivity index (χ0) is 18.1. The van der Waals surface area contributed by atoms with Crippen molar-refractivity contribution in [2.75, 3.05) is 19.6 Å². The summed E-state index contributed by atoms with van der Waals surface area (Å²) in [7, 11) is 0. The minimum Gasteiger partial charge on any atom is -0.458 e. The van der Waals surface area contributed by atoms with Crippen molar-refractivity contribution in [1.29, 1.82) is 0 Å². The molecule has 3 aliphatic heterocycles. The molecule has 0 spiro atoms. The van der Waals surface area contributed by atoms with E-state index in [4.69, 9.17) is 4.42 Å². The Balaban J connectivity index is 1.26. The van der Waals surface area contributed by atoms with Crippen molar-refractivity contribution in [3.63, 3.8) is 0 Å². The number of H-pyrrole nitrogens is 1. The maximum absolute atomic E-state index is 6.07. The second-order valence-electron chi connectivity index (χ2n) is 7.78. The molecule has 6 rings (SSSR count). The molecule has 0 radical (unpaired) electrons. The number of aromatic amines is 1. The molecule has 140 valence electrons. The largest absolute Gasteiger partial charge is 0.458 e. The van der Waals surface area contributed by atoms with Crippen LogP contribution >= 0.6 is 0 Å². The van der Waals surface area contributed by atoms with Crippen LogP contribution in [0.2, 0.25) is 0 Å². The molecular formula is C21H25N5O. The van der Waals surface area contributed by atoms with E-state index in [1.54, 1.807) is 6.20 Å². The maximum atomic E-state index is 6.07. The number of aromatic nitrogens is 3. The Kier molecular flexibility index (Phi) is 4.51. The van der Waals surface area contributed by atoms with Crippen molar-refractivity contribution >= 4 is 0 Å². The standard InChI is InChI=1S/C21H25N5O/c1-2-9-22-17(3-1)13-25-11-16-4-5-18(14-25)26(12-16)15-19-6-7-21(27-19)20-8-10-23-24-20/h1-3,6-10,16,18H,4-5,11-15H2,(H,23,24)/t16-,18+/m0/s1. The smallest absolute Gasteiger partial charge is 0.152 e. The fourth-order valence-corrected chi connectivity index (χ4v) is 4.52. The Morgan fingerprint density at radius 1 is 1.00 bits per heavy atom. The highest BCUT2D eigenvalue weighted by atomic mass is 16.3. The Bertz CT molecular complexity index is 860. The minimum atomic E-state index is 0.591. The van der Waals surface area contributed by atoms with Gasteiger partial charge < -0.3 is 4.42 Å². The van der Waals surface area contributed by atoms with E-state index in [-0.39, 0.29) is 0 Å². The van der Waals surface area contributed by atoms with Gasteiger partial charge in [-0.2, -0.15) is 5.10 Å². The van der Waals surface area contributed by atoms with Crippen LogP contribution in [0.1, 0.15) is 24.3 Å². The third-order valence-corrected chi connectivity index (χ3v) is 5.80. The normalized spacial score (nSPS) is 23.6. The summed E-state index contributed by atoms with van der Waals surface area (Å²) in [5.74, 6) is 2.62. The molecule has 3 fully saturated rings. The number of hydrogen-bond acceptors (Lipinski definition) is 5. The van der Waals surface area contributed by atoms with E-state index in [1.165, 1.54) is 25.1 Å². The molecule has 0 aromatic carbocycles. The van der Waals surface area contributed by atoms with Gasteiger partial charge in [-0.25, -0.2) is 0 Å². The summed E-state index contributed by atoms with van der Waals surface area (Å²) in [6, 6.07) is 12.9. The van der Waals surface area contributed by atoms with Crippen molar-refractivity contribution in [1.82, 2.24) is 25.0 Å². The van der Waals surface area contributed by atoms with Crippen molar-refractivity contribution < 1.29 is 4.42 Å². The lowest BCUT2D eigenvalue weighted by Crippen LogP contribution is -2.43. The third kappa shape index (κ3) is 3.68. The highest BCUT2D eigenvalue weighted by molar-refractivity contribution is 5.51. The predicted octanol–water partition coefficient (Wildman–Crippen LogP) is 3.16. The molecule has 0 saturated carbocycles. The lowest BCUT2D eigenvalue weighted by molar-refractivity contribution is 0.114. The van der Waals surface area contributed by atoms with Crippen LogP contribution in [0.15, 0.2) is 53.2 Å². The second kappa shape index (κ2) is 7.29. The number of piperidine rings is 1. The Morgan fingerprint density at radius 2 is 2.00 bits per heavy atom. The van der Waals surface area contributed by atoms with Crippen LogP contribution in [-0.2, 0) is 13.1 Å². The minimum absolute atomic E-state index is 0.591. The van der Waals surface area contributed by atoms with Crippen molar-refractivity contribution in [3.05, 3.63) is 60.2 Å². The van der Waals surface area contributed by atoms with Crippen LogP contribution < -0.4 is 0 Å². The summed E-state index contributed by atoms with van der Waals surface area (Å²) < 4.78 is 6.07. The molecule has 6 heteroatoms. The first-order valence-electron chi connectivity index (χ1n) is 9.78. The molecular weight excluding hydrogens is 338 g/mol. The molecule has 2 bridgehead atoms. The molecule has 6 heterocycles. The van der Waals surface area contributed by atoms with Gasteiger partial charge in [0, 0.05) is 44.6 Å². The molecule has 0 unspecified atom stereocenters. The number of hydrogen-bond donors (Lipinski definition) is 1. The van der Waals surface area contributed by atoms with Gasteiger partial charge in [0.15, 0.2) is 5.76 Å². The van der Waals surface area contributed by atoms with Crippen molar-refractivity contribution in [2.24, 2.45) is 5.92 Å². The van der Waals surface area contributed by atoms with E-state index in [2.05, 4.69) is 43.2 Å². The highest BCUT2D eigenvalue weighted by Gasteiger charge is 2.35. The Labute approximate surface area is 159 Å². The summed E-state index contributed by atoms with van der Waals surface area (Å²) in [5, 5.41) is 6.97. The summed E-state index contributed by atoms with van der Waals surface area (Å²) >= 11 is 0. The zero-order valence-electron chi connectivity index (χ0n) is 15.4. The lowest BCUT2D eigenvalue weighted by Gasteiger charge is -2.35. The van der Waals surface area contributed by atoms with Gasteiger partial charge in [-0.1, -0.05) is 6.07 Å². The van der Waals surface area contributed by atoms with Crippen LogP contribution in [0.4, 0.5) is 0 Å². The van der Waals surface area contributed by atoms with E-state index in [9.17, 15) is 0 Å². The first-order chi connectivity index (χ1) is 13.3. The first-order valence-corrected chi connectivity index (χ1v) is 9.78. The summed E-state index contributed by atoms with van der Waals surface area (Å²) in [4.78, 5) is 9.71. The highest BCUT2D eigenvalue weighted by Crippen LogP contribution is 2.30. The molecule has 0 amide bonds. The molecule has 1 N–H and O–H groups in total. The maximum Gasteiger partial charge on any atom is 0.152 e. The monoisotopic (exact) mass is 363 g/mol. The average molecular weight is 363 g/mol. The van der Waals surface area contributed by atoms with E-state index < -0.39 is 0 Å². The number of rotatable bonds is 5. The number of pyridine rings is 1.